The average Bonchev–Trinajstić information content (AvgIpc) is 2.76. The molecule has 0 radical (unpaired) electrons. The van der Waals surface area contributed by atoms with E-state index in [9.17, 15) is 4.79 Å². The summed E-state index contributed by atoms with van der Waals surface area (Å²) in [5.41, 5.74) is 1.40. The number of hydrogen-bond acceptors (Lipinski definition) is 6. The minimum atomic E-state index is -0.147. The van der Waals surface area contributed by atoms with Crippen LogP contribution in [0.1, 0.15) is 22.8 Å². The number of ether oxygens (including phenoxy) is 5. The van der Waals surface area contributed by atoms with Crippen LogP contribution in [0, 0.1) is 0 Å². The molecule has 0 saturated carbocycles. The van der Waals surface area contributed by atoms with Crippen LogP contribution in [0.4, 0.5) is 0 Å². The largest absolute Gasteiger partial charge is 0.496 e. The van der Waals surface area contributed by atoms with E-state index in [1.807, 2.05) is 30.3 Å². The highest BCUT2D eigenvalue weighted by Crippen LogP contribution is 2.50. The first-order valence-corrected chi connectivity index (χ1v) is 9.07. The summed E-state index contributed by atoms with van der Waals surface area (Å²) in [7, 11) is 6.16. The minimum absolute atomic E-state index is 0.147. The van der Waals surface area contributed by atoms with Crippen LogP contribution in [0.3, 0.4) is 0 Å². The summed E-state index contributed by atoms with van der Waals surface area (Å²) in [6, 6.07) is 13.2. The smallest absolute Gasteiger partial charge is 0.173 e. The van der Waals surface area contributed by atoms with Gasteiger partial charge in [-0.25, -0.2) is 0 Å². The average molecular weight is 396 g/mol. The Morgan fingerprint density at radius 2 is 1.34 bits per heavy atom. The standard InChI is InChI=1S/C23H24O6/c1-14(24)16-11-17(25-2)21-20(22(16)28-5)18(26-3)12-19(27-4)23(21)29-13-15-9-7-6-8-10-15/h6-12H,13H2,1-5H3. The van der Waals surface area contributed by atoms with Crippen molar-refractivity contribution >= 4 is 16.6 Å². The first kappa shape index (κ1) is 20.3. The van der Waals surface area contributed by atoms with E-state index in [-0.39, 0.29) is 5.78 Å². The Bertz CT molecular complexity index is 1030. The fourth-order valence-electron chi connectivity index (χ4n) is 3.30. The van der Waals surface area contributed by atoms with Crippen LogP contribution in [0.5, 0.6) is 28.7 Å². The van der Waals surface area contributed by atoms with Gasteiger partial charge in [-0.1, -0.05) is 30.3 Å². The molecule has 0 fully saturated rings. The van der Waals surface area contributed by atoms with Crippen molar-refractivity contribution in [3.8, 4) is 28.7 Å². The molecular formula is C23H24O6. The maximum absolute atomic E-state index is 12.2. The second-order valence-corrected chi connectivity index (χ2v) is 6.35. The predicted molar refractivity (Wildman–Crippen MR) is 111 cm³/mol. The Kier molecular flexibility index (Phi) is 6.12. The van der Waals surface area contributed by atoms with E-state index in [4.69, 9.17) is 23.7 Å². The Labute approximate surface area is 169 Å². The quantitative estimate of drug-likeness (QED) is 0.516. The number of carbonyl (C=O) groups excluding carboxylic acids is 1. The highest BCUT2D eigenvalue weighted by Gasteiger charge is 2.26. The van der Waals surface area contributed by atoms with Gasteiger partial charge in [-0.3, -0.25) is 4.79 Å². The van der Waals surface area contributed by atoms with Crippen LogP contribution in [0.2, 0.25) is 0 Å². The molecule has 3 aromatic carbocycles. The molecule has 0 atom stereocenters. The number of benzene rings is 3. The van der Waals surface area contributed by atoms with Gasteiger partial charge in [0.25, 0.3) is 0 Å². The number of hydrogen-bond donors (Lipinski definition) is 0. The van der Waals surface area contributed by atoms with Crippen LogP contribution in [0.25, 0.3) is 10.8 Å². The van der Waals surface area contributed by atoms with Gasteiger partial charge < -0.3 is 23.7 Å². The minimum Gasteiger partial charge on any atom is -0.496 e. The van der Waals surface area contributed by atoms with E-state index in [1.54, 1.807) is 26.4 Å². The summed E-state index contributed by atoms with van der Waals surface area (Å²) in [5.74, 6) is 2.18. The number of Topliss-reactive ketones (excluding diaryl/α,β-unsaturated/α-hetero) is 1. The molecule has 6 heteroatoms. The topological polar surface area (TPSA) is 63.2 Å². The van der Waals surface area contributed by atoms with E-state index >= 15 is 0 Å². The van der Waals surface area contributed by atoms with Crippen LogP contribution >= 0.6 is 0 Å². The van der Waals surface area contributed by atoms with E-state index < -0.39 is 0 Å². The molecule has 0 N–H and O–H groups in total. The van der Waals surface area contributed by atoms with Crippen molar-refractivity contribution in [3.63, 3.8) is 0 Å². The molecule has 0 amide bonds. The predicted octanol–water partition coefficient (Wildman–Crippen LogP) is 4.66. The summed E-state index contributed by atoms with van der Waals surface area (Å²) >= 11 is 0. The Hall–Kier alpha value is -3.41. The fraction of sp³-hybridized carbons (Fsp3) is 0.261. The third-order valence-corrected chi connectivity index (χ3v) is 4.67. The van der Waals surface area contributed by atoms with Gasteiger partial charge in [-0.2, -0.15) is 0 Å². The van der Waals surface area contributed by atoms with Gasteiger partial charge in [-0.05, 0) is 18.6 Å². The molecule has 152 valence electrons. The van der Waals surface area contributed by atoms with E-state index in [0.717, 1.165) is 5.56 Å². The molecule has 0 saturated heterocycles. The van der Waals surface area contributed by atoms with Gasteiger partial charge in [-0.15, -0.1) is 0 Å². The van der Waals surface area contributed by atoms with Crippen molar-refractivity contribution in [2.24, 2.45) is 0 Å². The van der Waals surface area contributed by atoms with Gasteiger partial charge in [0, 0.05) is 6.07 Å². The first-order chi connectivity index (χ1) is 14.0. The lowest BCUT2D eigenvalue weighted by Crippen LogP contribution is -2.04. The molecule has 0 heterocycles. The maximum atomic E-state index is 12.2. The monoisotopic (exact) mass is 396 g/mol. The molecule has 0 unspecified atom stereocenters. The van der Waals surface area contributed by atoms with Crippen LogP contribution in [-0.2, 0) is 6.61 Å². The molecule has 3 aromatic rings. The number of ketones is 1. The molecule has 0 aliphatic rings. The lowest BCUT2D eigenvalue weighted by Gasteiger charge is -2.21. The van der Waals surface area contributed by atoms with Crippen molar-refractivity contribution < 1.29 is 28.5 Å². The van der Waals surface area contributed by atoms with Gasteiger partial charge >= 0.3 is 0 Å². The zero-order valence-electron chi connectivity index (χ0n) is 17.2. The molecular weight excluding hydrogens is 372 g/mol. The second-order valence-electron chi connectivity index (χ2n) is 6.35. The van der Waals surface area contributed by atoms with Gasteiger partial charge in [0.2, 0.25) is 0 Å². The molecule has 0 aliphatic carbocycles. The van der Waals surface area contributed by atoms with E-state index in [1.165, 1.54) is 21.1 Å². The van der Waals surface area contributed by atoms with Crippen LogP contribution in [-0.4, -0.2) is 34.2 Å². The number of carbonyl (C=O) groups is 1. The highest BCUT2D eigenvalue weighted by atomic mass is 16.5. The Morgan fingerprint density at radius 1 is 0.759 bits per heavy atom. The van der Waals surface area contributed by atoms with Gasteiger partial charge in [0.05, 0.1) is 44.8 Å². The molecule has 6 nitrogen and oxygen atoms in total. The summed E-state index contributed by atoms with van der Waals surface area (Å²) in [5, 5.41) is 1.20. The Morgan fingerprint density at radius 3 is 1.90 bits per heavy atom. The van der Waals surface area contributed by atoms with Gasteiger partial charge in [0.1, 0.15) is 23.9 Å². The van der Waals surface area contributed by atoms with Crippen molar-refractivity contribution in [1.29, 1.82) is 0 Å². The highest BCUT2D eigenvalue weighted by molar-refractivity contribution is 6.10. The summed E-state index contributed by atoms with van der Waals surface area (Å²) in [4.78, 5) is 12.2. The summed E-state index contributed by atoms with van der Waals surface area (Å²) in [6.45, 7) is 1.81. The van der Waals surface area contributed by atoms with Crippen LogP contribution < -0.4 is 23.7 Å². The second kappa shape index (κ2) is 8.73. The van der Waals surface area contributed by atoms with Gasteiger partial charge in [0.15, 0.2) is 17.3 Å². The van der Waals surface area contributed by atoms with Crippen molar-refractivity contribution in [1.82, 2.24) is 0 Å². The zero-order chi connectivity index (χ0) is 21.0. The molecule has 29 heavy (non-hydrogen) atoms. The summed E-state index contributed by atoms with van der Waals surface area (Å²) in [6.07, 6.45) is 0. The summed E-state index contributed by atoms with van der Waals surface area (Å²) < 4.78 is 28.5. The SMILES string of the molecule is COc1cc(OC)c2c(OC)c(C(C)=O)cc(OC)c2c1OCc1ccccc1. The molecule has 3 rings (SSSR count). The lowest BCUT2D eigenvalue weighted by molar-refractivity contribution is 0.101. The first-order valence-electron chi connectivity index (χ1n) is 9.07. The van der Waals surface area contributed by atoms with Crippen LogP contribution in [0.15, 0.2) is 42.5 Å². The normalized spacial score (nSPS) is 10.5. The molecule has 0 spiro atoms. The Balaban J connectivity index is 2.32. The molecule has 0 aromatic heterocycles. The lowest BCUT2D eigenvalue weighted by atomic mass is 9.99. The van der Waals surface area contributed by atoms with Crippen molar-refractivity contribution in [2.45, 2.75) is 13.5 Å². The zero-order valence-corrected chi connectivity index (χ0v) is 17.2. The number of fused-ring (bicyclic) bond motifs is 1. The maximum Gasteiger partial charge on any atom is 0.173 e. The van der Waals surface area contributed by atoms with Crippen molar-refractivity contribution in [3.05, 3.63) is 53.6 Å². The molecule has 0 bridgehead atoms. The van der Waals surface area contributed by atoms with E-state index in [0.29, 0.717) is 51.7 Å². The molecule has 0 aliphatic heterocycles. The third kappa shape index (κ3) is 3.78. The fourth-order valence-corrected chi connectivity index (χ4v) is 3.30. The number of methoxy groups -OCH3 is 4. The third-order valence-electron chi connectivity index (χ3n) is 4.67. The van der Waals surface area contributed by atoms with E-state index in [2.05, 4.69) is 0 Å². The van der Waals surface area contributed by atoms with Crippen molar-refractivity contribution in [2.75, 3.05) is 28.4 Å². The number of rotatable bonds is 8.